The van der Waals surface area contributed by atoms with E-state index in [-0.39, 0.29) is 11.7 Å². The third-order valence-electron chi connectivity index (χ3n) is 6.59. The van der Waals surface area contributed by atoms with Crippen molar-refractivity contribution >= 4 is 6.03 Å². The van der Waals surface area contributed by atoms with Crippen molar-refractivity contribution in [2.75, 3.05) is 6.54 Å². The molecule has 1 aliphatic heterocycles. The van der Waals surface area contributed by atoms with Gasteiger partial charge in [-0.25, -0.2) is 14.3 Å². The molecule has 0 bridgehead atoms. The topological polar surface area (TPSA) is 85.3 Å². The number of urea groups is 1. The van der Waals surface area contributed by atoms with Gasteiger partial charge in [0.05, 0.1) is 6.54 Å². The number of nitrogens with zero attached hydrogens (tertiary/aromatic N) is 4. The van der Waals surface area contributed by atoms with Crippen molar-refractivity contribution in [2.45, 2.75) is 83.5 Å². The third kappa shape index (κ3) is 4.04. The van der Waals surface area contributed by atoms with Crippen molar-refractivity contribution in [1.82, 2.24) is 24.6 Å². The Balaban J connectivity index is 1.12. The van der Waals surface area contributed by atoms with Crippen molar-refractivity contribution in [2.24, 2.45) is 5.92 Å². The van der Waals surface area contributed by atoms with Crippen LogP contribution < -0.4 is 11.0 Å². The quantitative estimate of drug-likeness (QED) is 0.675. The lowest BCUT2D eigenvalue weighted by Gasteiger charge is -2.21. The Hall–Kier alpha value is -2.51. The van der Waals surface area contributed by atoms with Crippen molar-refractivity contribution in [3.05, 3.63) is 40.0 Å². The number of aryl methyl sites for hydroxylation is 2. The third-order valence-corrected chi connectivity index (χ3v) is 6.59. The molecule has 2 fully saturated rings. The first-order chi connectivity index (χ1) is 14.6. The minimum Gasteiger partial charge on any atom is -0.464 e. The Bertz CT molecular complexity index is 970. The molecule has 8 heteroatoms. The van der Waals surface area contributed by atoms with Crippen LogP contribution in [0.3, 0.4) is 0 Å². The minimum absolute atomic E-state index is 0.0192. The van der Waals surface area contributed by atoms with Gasteiger partial charge in [-0.2, -0.15) is 5.10 Å². The van der Waals surface area contributed by atoms with Gasteiger partial charge in [-0.15, -0.1) is 0 Å². The molecule has 5 rings (SSSR count). The predicted molar refractivity (Wildman–Crippen MR) is 111 cm³/mol. The molecule has 2 aromatic heterocycles. The number of furan rings is 1. The highest BCUT2D eigenvalue weighted by atomic mass is 16.3. The average molecular weight is 414 g/mol. The summed E-state index contributed by atoms with van der Waals surface area (Å²) in [5, 5.41) is 7.47. The van der Waals surface area contributed by atoms with Crippen LogP contribution in [0, 0.1) is 5.92 Å². The largest absolute Gasteiger partial charge is 0.464 e. The highest BCUT2D eigenvalue weighted by Crippen LogP contribution is 2.47. The summed E-state index contributed by atoms with van der Waals surface area (Å²) >= 11 is 0. The molecular formula is C22H31N5O3. The Kier molecular flexibility index (Phi) is 5.16. The summed E-state index contributed by atoms with van der Waals surface area (Å²) < 4.78 is 9.34. The van der Waals surface area contributed by atoms with Gasteiger partial charge in [0.1, 0.15) is 17.3 Å². The van der Waals surface area contributed by atoms with Crippen molar-refractivity contribution in [3.8, 4) is 0 Å². The number of fused-ring (bicyclic) bond motifs is 1. The summed E-state index contributed by atoms with van der Waals surface area (Å²) in [5.41, 5.74) is -0.0192. The molecule has 3 heterocycles. The second-order valence-corrected chi connectivity index (χ2v) is 9.10. The van der Waals surface area contributed by atoms with E-state index in [9.17, 15) is 9.59 Å². The van der Waals surface area contributed by atoms with Crippen LogP contribution in [0.15, 0.2) is 21.3 Å². The number of hydrogen-bond acceptors (Lipinski definition) is 4. The molecule has 30 heavy (non-hydrogen) atoms. The number of carbonyl (C=O) groups is 1. The van der Waals surface area contributed by atoms with E-state index in [1.54, 1.807) is 9.25 Å². The maximum atomic E-state index is 12.8. The highest BCUT2D eigenvalue weighted by molar-refractivity contribution is 5.74. The fraction of sp³-hybridized carbons (Fsp3) is 0.682. The van der Waals surface area contributed by atoms with Crippen LogP contribution in [0.1, 0.15) is 68.7 Å². The second-order valence-electron chi connectivity index (χ2n) is 9.10. The Morgan fingerprint density at radius 3 is 2.90 bits per heavy atom. The molecule has 2 unspecified atom stereocenters. The Labute approximate surface area is 176 Å². The number of carbonyl (C=O) groups excluding carboxylic acids is 1. The molecule has 8 nitrogen and oxygen atoms in total. The lowest BCUT2D eigenvalue weighted by atomic mass is 10.2. The monoisotopic (exact) mass is 413 g/mol. The standard InChI is InChI=1S/C22H31N5O3/c1-15-13-18(15)19-9-8-17(30-19)14-26(16-6-7-16)21(28)23-10-4-12-27-22(29)25-11-3-2-5-20(25)24-27/h8-9,15-16,18H,2-7,10-14H2,1H3,(H,23,28). The van der Waals surface area contributed by atoms with Gasteiger partial charge in [-0.1, -0.05) is 6.92 Å². The summed E-state index contributed by atoms with van der Waals surface area (Å²) in [7, 11) is 0. The number of aromatic nitrogens is 3. The fourth-order valence-electron chi connectivity index (χ4n) is 4.44. The number of rotatable bonds is 8. The van der Waals surface area contributed by atoms with Crippen molar-refractivity contribution < 1.29 is 9.21 Å². The Morgan fingerprint density at radius 1 is 1.33 bits per heavy atom. The SMILES string of the molecule is CC1CC1c1ccc(CN(C(=O)NCCCn2nc3n(c2=O)CCCC3)C2CC2)o1. The lowest BCUT2D eigenvalue weighted by molar-refractivity contribution is 0.186. The molecule has 2 atom stereocenters. The predicted octanol–water partition coefficient (Wildman–Crippen LogP) is 2.86. The first-order valence-electron chi connectivity index (χ1n) is 11.4. The summed E-state index contributed by atoms with van der Waals surface area (Å²) in [5.74, 6) is 4.08. The van der Waals surface area contributed by atoms with E-state index >= 15 is 0 Å². The molecule has 2 saturated carbocycles. The first-order valence-corrected chi connectivity index (χ1v) is 11.4. The molecule has 3 aliphatic rings. The number of nitrogens with one attached hydrogen (secondary N) is 1. The van der Waals surface area contributed by atoms with E-state index in [1.165, 1.54) is 6.42 Å². The molecule has 2 aliphatic carbocycles. The molecule has 0 radical (unpaired) electrons. The summed E-state index contributed by atoms with van der Waals surface area (Å²) in [6.07, 6.45) is 7.01. The van der Waals surface area contributed by atoms with Gasteiger partial charge in [0.25, 0.3) is 0 Å². The number of hydrogen-bond donors (Lipinski definition) is 1. The van der Waals surface area contributed by atoms with Crippen LogP contribution in [0.25, 0.3) is 0 Å². The summed E-state index contributed by atoms with van der Waals surface area (Å²) in [6, 6.07) is 4.33. The molecule has 0 aromatic carbocycles. The lowest BCUT2D eigenvalue weighted by Crippen LogP contribution is -2.41. The minimum atomic E-state index is -0.0493. The zero-order valence-electron chi connectivity index (χ0n) is 17.7. The zero-order valence-corrected chi connectivity index (χ0v) is 17.7. The normalized spacial score (nSPS) is 22.6. The van der Waals surface area contributed by atoms with E-state index in [1.807, 2.05) is 11.0 Å². The zero-order chi connectivity index (χ0) is 20.7. The van der Waals surface area contributed by atoms with Gasteiger partial charge in [-0.3, -0.25) is 4.57 Å². The highest BCUT2D eigenvalue weighted by Gasteiger charge is 2.37. The molecular weight excluding hydrogens is 382 g/mol. The molecule has 1 N–H and O–H groups in total. The maximum Gasteiger partial charge on any atom is 0.345 e. The summed E-state index contributed by atoms with van der Waals surface area (Å²) in [4.78, 5) is 27.0. The number of amides is 2. The van der Waals surface area contributed by atoms with E-state index in [4.69, 9.17) is 4.42 Å². The van der Waals surface area contributed by atoms with Crippen molar-refractivity contribution in [3.63, 3.8) is 0 Å². The maximum absolute atomic E-state index is 12.8. The molecule has 2 amide bonds. The van der Waals surface area contributed by atoms with Gasteiger partial charge >= 0.3 is 11.7 Å². The Morgan fingerprint density at radius 2 is 2.17 bits per heavy atom. The van der Waals surface area contributed by atoms with Crippen LogP contribution >= 0.6 is 0 Å². The van der Waals surface area contributed by atoms with Gasteiger partial charge in [-0.05, 0) is 56.6 Å². The van der Waals surface area contributed by atoms with E-state index in [0.717, 1.165) is 56.0 Å². The van der Waals surface area contributed by atoms with Crippen LogP contribution in [-0.2, 0) is 26.1 Å². The average Bonchev–Trinajstić information content (AvgIpc) is 3.65. The van der Waals surface area contributed by atoms with E-state index in [2.05, 4.69) is 23.4 Å². The van der Waals surface area contributed by atoms with Crippen LogP contribution in [-0.4, -0.2) is 37.9 Å². The van der Waals surface area contributed by atoms with Gasteiger partial charge in [0.15, 0.2) is 0 Å². The summed E-state index contributed by atoms with van der Waals surface area (Å²) in [6.45, 7) is 4.59. The molecule has 0 saturated heterocycles. The van der Waals surface area contributed by atoms with Crippen molar-refractivity contribution in [1.29, 1.82) is 0 Å². The molecule has 0 spiro atoms. The first kappa shape index (κ1) is 19.5. The van der Waals surface area contributed by atoms with Gasteiger partial charge < -0.3 is 14.6 Å². The fourth-order valence-corrected chi connectivity index (χ4v) is 4.44. The van der Waals surface area contributed by atoms with Gasteiger partial charge in [0, 0.05) is 38.0 Å². The second kappa shape index (κ2) is 7.96. The molecule has 162 valence electrons. The van der Waals surface area contributed by atoms with E-state index < -0.39 is 0 Å². The van der Waals surface area contributed by atoms with Crippen LogP contribution in [0.4, 0.5) is 4.79 Å². The van der Waals surface area contributed by atoms with Crippen LogP contribution in [0.2, 0.25) is 0 Å². The smallest absolute Gasteiger partial charge is 0.345 e. The van der Waals surface area contributed by atoms with Crippen LogP contribution in [0.5, 0.6) is 0 Å². The van der Waals surface area contributed by atoms with E-state index in [0.29, 0.717) is 43.9 Å². The molecule has 2 aromatic rings. The van der Waals surface area contributed by atoms with Gasteiger partial charge in [0.2, 0.25) is 0 Å².